The molecule has 1 unspecified atom stereocenters. The third-order valence-electron chi connectivity index (χ3n) is 4.31. The molecule has 0 radical (unpaired) electrons. The van der Waals surface area contributed by atoms with Crippen molar-refractivity contribution in [1.82, 2.24) is 14.3 Å². The maximum absolute atomic E-state index is 13.0. The van der Waals surface area contributed by atoms with Crippen molar-refractivity contribution in [2.45, 2.75) is 23.8 Å². The molecule has 0 N–H and O–H groups in total. The summed E-state index contributed by atoms with van der Waals surface area (Å²) in [5, 5.41) is 0. The molecule has 1 aromatic carbocycles. The number of nitrogens with zero attached hydrogens (tertiary/aromatic N) is 3. The number of rotatable bonds is 4. The van der Waals surface area contributed by atoms with Gasteiger partial charge >= 0.3 is 6.01 Å². The van der Waals surface area contributed by atoms with Gasteiger partial charge in [-0.25, -0.2) is 18.4 Å². The minimum absolute atomic E-state index is 0.193. The molecule has 9 heteroatoms. The van der Waals surface area contributed by atoms with Crippen molar-refractivity contribution in [3.8, 4) is 17.5 Å². The van der Waals surface area contributed by atoms with Crippen LogP contribution in [0.3, 0.4) is 0 Å². The van der Waals surface area contributed by atoms with E-state index in [0.717, 1.165) is 6.42 Å². The van der Waals surface area contributed by atoms with Crippen molar-refractivity contribution in [2.75, 3.05) is 26.3 Å². The summed E-state index contributed by atoms with van der Waals surface area (Å²) in [6.07, 6.45) is 4.37. The van der Waals surface area contributed by atoms with Gasteiger partial charge < -0.3 is 14.2 Å². The van der Waals surface area contributed by atoms with Crippen LogP contribution in [0.5, 0.6) is 17.5 Å². The molecule has 8 nitrogen and oxygen atoms in total. The van der Waals surface area contributed by atoms with E-state index < -0.39 is 10.0 Å². The SMILES string of the molecule is O=S(=O)(c1ccc2c(c1)OCCO2)N1CCCC(Oc2ncccn2)C1. The van der Waals surface area contributed by atoms with Gasteiger partial charge in [0.1, 0.15) is 19.3 Å². The molecule has 3 heterocycles. The monoisotopic (exact) mass is 377 g/mol. The van der Waals surface area contributed by atoms with Gasteiger partial charge in [-0.2, -0.15) is 4.31 Å². The summed E-state index contributed by atoms with van der Waals surface area (Å²) in [7, 11) is -3.64. The Bertz CT molecular complexity index is 875. The molecule has 0 bridgehead atoms. The zero-order chi connectivity index (χ0) is 18.0. The van der Waals surface area contributed by atoms with Crippen molar-refractivity contribution in [1.29, 1.82) is 0 Å². The summed E-state index contributed by atoms with van der Waals surface area (Å²) in [6, 6.07) is 6.67. The Morgan fingerprint density at radius 2 is 1.88 bits per heavy atom. The molecule has 26 heavy (non-hydrogen) atoms. The van der Waals surface area contributed by atoms with E-state index >= 15 is 0 Å². The van der Waals surface area contributed by atoms with Gasteiger partial charge in [0, 0.05) is 25.0 Å². The van der Waals surface area contributed by atoms with Crippen LogP contribution in [-0.4, -0.2) is 55.1 Å². The van der Waals surface area contributed by atoms with Gasteiger partial charge in [-0.15, -0.1) is 0 Å². The minimum Gasteiger partial charge on any atom is -0.486 e. The van der Waals surface area contributed by atoms with Crippen molar-refractivity contribution in [3.63, 3.8) is 0 Å². The maximum atomic E-state index is 13.0. The van der Waals surface area contributed by atoms with Crippen LogP contribution in [0.4, 0.5) is 0 Å². The van der Waals surface area contributed by atoms with E-state index in [1.54, 1.807) is 30.6 Å². The number of piperidine rings is 1. The third-order valence-corrected chi connectivity index (χ3v) is 6.17. The standard InChI is InChI=1S/C17H19N3O5S/c21-26(22,14-4-5-15-16(11-14)24-10-9-23-15)20-8-1-3-13(12-20)25-17-18-6-2-7-19-17/h2,4-7,11,13H,1,3,8-10,12H2. The Kier molecular flexibility index (Phi) is 4.64. The summed E-state index contributed by atoms with van der Waals surface area (Å²) in [5.74, 6) is 1.02. The molecule has 0 saturated carbocycles. The highest BCUT2D eigenvalue weighted by Crippen LogP contribution is 2.33. The molecular formula is C17H19N3O5S. The van der Waals surface area contributed by atoms with Crippen molar-refractivity contribution in [2.24, 2.45) is 0 Å². The zero-order valence-electron chi connectivity index (χ0n) is 14.1. The minimum atomic E-state index is -3.64. The zero-order valence-corrected chi connectivity index (χ0v) is 14.9. The van der Waals surface area contributed by atoms with E-state index in [1.807, 2.05) is 0 Å². The summed E-state index contributed by atoms with van der Waals surface area (Å²) in [4.78, 5) is 8.26. The Balaban J connectivity index is 1.52. The molecular weight excluding hydrogens is 358 g/mol. The number of ether oxygens (including phenoxy) is 3. The molecule has 1 saturated heterocycles. The fourth-order valence-electron chi connectivity index (χ4n) is 3.05. The van der Waals surface area contributed by atoms with E-state index in [-0.39, 0.29) is 23.6 Å². The highest BCUT2D eigenvalue weighted by Gasteiger charge is 2.32. The predicted octanol–water partition coefficient (Wildman–Crippen LogP) is 1.48. The van der Waals surface area contributed by atoms with Crippen molar-refractivity contribution >= 4 is 10.0 Å². The van der Waals surface area contributed by atoms with Gasteiger partial charge in [0.25, 0.3) is 0 Å². The van der Waals surface area contributed by atoms with E-state index in [9.17, 15) is 8.42 Å². The number of sulfonamides is 1. The molecule has 4 rings (SSSR count). The predicted molar refractivity (Wildman–Crippen MR) is 91.9 cm³/mol. The summed E-state index contributed by atoms with van der Waals surface area (Å²) in [6.45, 7) is 1.58. The summed E-state index contributed by atoms with van der Waals surface area (Å²) in [5.41, 5.74) is 0. The smallest absolute Gasteiger partial charge is 0.316 e. The molecule has 1 atom stereocenters. The summed E-state index contributed by atoms with van der Waals surface area (Å²) >= 11 is 0. The van der Waals surface area contributed by atoms with E-state index in [2.05, 4.69) is 9.97 Å². The lowest BCUT2D eigenvalue weighted by molar-refractivity contribution is 0.119. The Hall–Kier alpha value is -2.39. The molecule has 0 spiro atoms. The molecule has 1 fully saturated rings. The maximum Gasteiger partial charge on any atom is 0.316 e. The van der Waals surface area contributed by atoms with Gasteiger partial charge in [-0.05, 0) is 31.0 Å². The normalized spacial score (nSPS) is 20.5. The molecule has 2 aromatic rings. The van der Waals surface area contributed by atoms with Crippen LogP contribution in [0.25, 0.3) is 0 Å². The average molecular weight is 377 g/mol. The second kappa shape index (κ2) is 7.08. The Labute approximate surface area is 151 Å². The number of hydrogen-bond acceptors (Lipinski definition) is 7. The van der Waals surface area contributed by atoms with E-state index in [0.29, 0.717) is 37.7 Å². The van der Waals surface area contributed by atoms with Crippen LogP contribution >= 0.6 is 0 Å². The second-order valence-electron chi connectivity index (χ2n) is 6.08. The lowest BCUT2D eigenvalue weighted by Gasteiger charge is -2.31. The summed E-state index contributed by atoms with van der Waals surface area (Å²) < 4.78 is 44.2. The first-order valence-corrected chi connectivity index (χ1v) is 9.90. The number of hydrogen-bond donors (Lipinski definition) is 0. The van der Waals surface area contributed by atoms with Gasteiger partial charge in [-0.3, -0.25) is 0 Å². The molecule has 0 amide bonds. The molecule has 2 aliphatic rings. The van der Waals surface area contributed by atoms with Crippen LogP contribution in [0.1, 0.15) is 12.8 Å². The first-order valence-electron chi connectivity index (χ1n) is 8.46. The van der Waals surface area contributed by atoms with E-state index in [4.69, 9.17) is 14.2 Å². The fraction of sp³-hybridized carbons (Fsp3) is 0.412. The van der Waals surface area contributed by atoms with Crippen molar-refractivity contribution < 1.29 is 22.6 Å². The fourth-order valence-corrected chi connectivity index (χ4v) is 4.57. The second-order valence-corrected chi connectivity index (χ2v) is 8.02. The largest absolute Gasteiger partial charge is 0.486 e. The molecule has 138 valence electrons. The third kappa shape index (κ3) is 3.45. The molecule has 1 aromatic heterocycles. The Morgan fingerprint density at radius 3 is 2.69 bits per heavy atom. The highest BCUT2D eigenvalue weighted by molar-refractivity contribution is 7.89. The number of aromatic nitrogens is 2. The molecule has 0 aliphatic carbocycles. The molecule has 2 aliphatic heterocycles. The highest BCUT2D eigenvalue weighted by atomic mass is 32.2. The van der Waals surface area contributed by atoms with Crippen LogP contribution in [0, 0.1) is 0 Å². The van der Waals surface area contributed by atoms with Crippen LogP contribution in [-0.2, 0) is 10.0 Å². The van der Waals surface area contributed by atoms with Crippen molar-refractivity contribution in [3.05, 3.63) is 36.7 Å². The van der Waals surface area contributed by atoms with Crippen LogP contribution in [0.15, 0.2) is 41.6 Å². The van der Waals surface area contributed by atoms with Crippen LogP contribution < -0.4 is 14.2 Å². The van der Waals surface area contributed by atoms with Gasteiger partial charge in [0.15, 0.2) is 11.5 Å². The van der Waals surface area contributed by atoms with Crippen LogP contribution in [0.2, 0.25) is 0 Å². The van der Waals surface area contributed by atoms with Gasteiger partial charge in [0.05, 0.1) is 11.4 Å². The average Bonchev–Trinajstić information content (AvgIpc) is 2.68. The van der Waals surface area contributed by atoms with Gasteiger partial charge in [0.2, 0.25) is 10.0 Å². The Morgan fingerprint density at radius 1 is 1.12 bits per heavy atom. The first kappa shape index (κ1) is 17.0. The number of benzene rings is 1. The first-order chi connectivity index (χ1) is 12.6. The lowest BCUT2D eigenvalue weighted by Crippen LogP contribution is -2.44. The lowest BCUT2D eigenvalue weighted by atomic mass is 10.1. The topological polar surface area (TPSA) is 90.9 Å². The quantitative estimate of drug-likeness (QED) is 0.797. The number of fused-ring (bicyclic) bond motifs is 1. The van der Waals surface area contributed by atoms with Gasteiger partial charge in [-0.1, -0.05) is 0 Å². The van der Waals surface area contributed by atoms with E-state index in [1.165, 1.54) is 10.4 Å².